The fourth-order valence-electron chi connectivity index (χ4n) is 3.75. The van der Waals surface area contributed by atoms with E-state index in [1.165, 1.54) is 10.5 Å². The molecule has 0 fully saturated rings. The molecule has 7 heteroatoms. The lowest BCUT2D eigenvalue weighted by atomic mass is 9.99. The predicted octanol–water partition coefficient (Wildman–Crippen LogP) is 2.96. The van der Waals surface area contributed by atoms with Crippen LogP contribution in [0.3, 0.4) is 0 Å². The Bertz CT molecular complexity index is 884. The highest BCUT2D eigenvalue weighted by Gasteiger charge is 2.33. The third kappa shape index (κ3) is 5.63. The van der Waals surface area contributed by atoms with Crippen molar-refractivity contribution in [3.63, 3.8) is 0 Å². The topological polar surface area (TPSA) is 57.3 Å². The number of rotatable bonds is 10. The van der Waals surface area contributed by atoms with Crippen LogP contribution in [0.1, 0.15) is 36.8 Å². The van der Waals surface area contributed by atoms with E-state index >= 15 is 0 Å². The van der Waals surface area contributed by atoms with Crippen molar-refractivity contribution >= 4 is 11.6 Å². The zero-order chi connectivity index (χ0) is 20.6. The third-order valence-electron chi connectivity index (χ3n) is 5.10. The van der Waals surface area contributed by atoms with Crippen LogP contribution in [0.2, 0.25) is 5.02 Å². The van der Waals surface area contributed by atoms with Crippen LogP contribution in [0.25, 0.3) is 0 Å². The van der Waals surface area contributed by atoms with E-state index in [4.69, 9.17) is 16.3 Å². The van der Waals surface area contributed by atoms with Gasteiger partial charge in [0.1, 0.15) is 13.1 Å². The van der Waals surface area contributed by atoms with Crippen LogP contribution < -0.4 is 4.90 Å². The van der Waals surface area contributed by atoms with E-state index in [1.807, 2.05) is 28.9 Å². The molecule has 154 valence electrons. The smallest absolute Gasteiger partial charge is 0.209 e. The fourth-order valence-corrected chi connectivity index (χ4v) is 3.95. The van der Waals surface area contributed by atoms with E-state index in [0.717, 1.165) is 29.5 Å². The zero-order valence-corrected chi connectivity index (χ0v) is 18.0. The normalized spacial score (nSPS) is 13.6. The Balaban J connectivity index is 1.97. The fraction of sp³-hybridized carbons (Fsp3) is 0.409. The molecule has 2 aromatic carbocycles. The van der Waals surface area contributed by atoms with Crippen LogP contribution in [-0.2, 0) is 24.4 Å². The Morgan fingerprint density at radius 3 is 2.45 bits per heavy atom. The highest BCUT2D eigenvalue weighted by atomic mass is 35.5. The molecule has 1 unspecified atom stereocenters. The van der Waals surface area contributed by atoms with Gasteiger partial charge >= 0.3 is 0 Å². The number of nitrogens with zero attached hydrogens (tertiary/aromatic N) is 4. The number of hydrogen-bond acceptors (Lipinski definition) is 4. The minimum atomic E-state index is 0.110. The molecule has 0 aliphatic heterocycles. The Morgan fingerprint density at radius 2 is 1.76 bits per heavy atom. The van der Waals surface area contributed by atoms with Crippen molar-refractivity contribution in [2.75, 3.05) is 13.7 Å². The molecule has 0 saturated carbocycles. The maximum Gasteiger partial charge on any atom is 0.209 e. The SMILES string of the molecule is COCCn1nnnc1[C@H](C(C)C)[NH+](Cc1ccccc1)Cc1ccccc1Cl. The van der Waals surface area contributed by atoms with Gasteiger partial charge in [0.05, 0.1) is 13.2 Å². The summed E-state index contributed by atoms with van der Waals surface area (Å²) in [5.41, 5.74) is 2.40. The van der Waals surface area contributed by atoms with E-state index in [-0.39, 0.29) is 6.04 Å². The van der Waals surface area contributed by atoms with Crippen molar-refractivity contribution in [1.29, 1.82) is 0 Å². The second-order valence-corrected chi connectivity index (χ2v) is 7.97. The van der Waals surface area contributed by atoms with Gasteiger partial charge in [0.15, 0.2) is 6.04 Å². The third-order valence-corrected chi connectivity index (χ3v) is 5.47. The van der Waals surface area contributed by atoms with Gasteiger partial charge < -0.3 is 9.64 Å². The minimum Gasteiger partial charge on any atom is -0.383 e. The summed E-state index contributed by atoms with van der Waals surface area (Å²) >= 11 is 6.50. The molecule has 29 heavy (non-hydrogen) atoms. The Kier molecular flexibility index (Phi) is 7.75. The lowest BCUT2D eigenvalue weighted by molar-refractivity contribution is -0.962. The van der Waals surface area contributed by atoms with Crippen LogP contribution in [0.5, 0.6) is 0 Å². The summed E-state index contributed by atoms with van der Waals surface area (Å²) < 4.78 is 7.10. The van der Waals surface area contributed by atoms with Gasteiger partial charge in [-0.1, -0.05) is 74.0 Å². The molecule has 3 rings (SSSR count). The zero-order valence-electron chi connectivity index (χ0n) is 17.3. The van der Waals surface area contributed by atoms with Crippen molar-refractivity contribution in [3.8, 4) is 0 Å². The molecule has 0 spiro atoms. The monoisotopic (exact) mass is 414 g/mol. The lowest BCUT2D eigenvalue weighted by Crippen LogP contribution is -3.10. The number of hydrogen-bond donors (Lipinski definition) is 1. The molecule has 0 aliphatic carbocycles. The van der Waals surface area contributed by atoms with Gasteiger partial charge in [0.25, 0.3) is 0 Å². The average molecular weight is 415 g/mol. The largest absolute Gasteiger partial charge is 0.383 e. The highest BCUT2D eigenvalue weighted by molar-refractivity contribution is 6.31. The molecule has 0 amide bonds. The first kappa shape index (κ1) is 21.4. The molecular weight excluding hydrogens is 386 g/mol. The van der Waals surface area contributed by atoms with Gasteiger partial charge in [-0.3, -0.25) is 0 Å². The van der Waals surface area contributed by atoms with Crippen LogP contribution in [0.4, 0.5) is 0 Å². The molecule has 1 aromatic heterocycles. The minimum absolute atomic E-state index is 0.110. The number of benzene rings is 2. The summed E-state index contributed by atoms with van der Waals surface area (Å²) in [6.45, 7) is 7.28. The van der Waals surface area contributed by atoms with Gasteiger partial charge in [-0.05, 0) is 16.5 Å². The molecule has 6 nitrogen and oxygen atoms in total. The van der Waals surface area contributed by atoms with E-state index in [9.17, 15) is 0 Å². The number of ether oxygens (including phenoxy) is 1. The molecule has 1 N–H and O–H groups in total. The van der Waals surface area contributed by atoms with Crippen LogP contribution >= 0.6 is 11.6 Å². The second kappa shape index (κ2) is 10.5. The summed E-state index contributed by atoms with van der Waals surface area (Å²) in [6.07, 6.45) is 0. The van der Waals surface area contributed by atoms with E-state index in [2.05, 4.69) is 59.7 Å². The molecule has 0 aliphatic rings. The Labute approximate surface area is 177 Å². The quantitative estimate of drug-likeness (QED) is 0.554. The number of halogens is 1. The number of tetrazole rings is 1. The first-order chi connectivity index (χ1) is 14.1. The first-order valence-corrected chi connectivity index (χ1v) is 10.3. The van der Waals surface area contributed by atoms with Gasteiger partial charge in [0, 0.05) is 29.2 Å². The highest BCUT2D eigenvalue weighted by Crippen LogP contribution is 2.19. The Morgan fingerprint density at radius 1 is 1.03 bits per heavy atom. The van der Waals surface area contributed by atoms with Crippen molar-refractivity contribution < 1.29 is 9.64 Å². The van der Waals surface area contributed by atoms with E-state index < -0.39 is 0 Å². The van der Waals surface area contributed by atoms with Crippen molar-refractivity contribution in [3.05, 3.63) is 76.6 Å². The lowest BCUT2D eigenvalue weighted by Gasteiger charge is -2.31. The summed E-state index contributed by atoms with van der Waals surface area (Å²) in [5, 5.41) is 13.4. The summed E-state index contributed by atoms with van der Waals surface area (Å²) in [4.78, 5) is 1.35. The molecular formula is C22H29ClN5O+. The van der Waals surface area contributed by atoms with E-state index in [1.54, 1.807) is 7.11 Å². The maximum absolute atomic E-state index is 6.50. The van der Waals surface area contributed by atoms with Gasteiger partial charge in [0.2, 0.25) is 5.82 Å². The maximum atomic E-state index is 6.50. The molecule has 1 heterocycles. The number of nitrogens with one attached hydrogen (secondary N) is 1. The Hall–Kier alpha value is -2.28. The van der Waals surface area contributed by atoms with Crippen molar-refractivity contribution in [2.45, 2.75) is 39.5 Å². The standard InChI is InChI=1S/C22H28ClN5O/c1-17(2)21(22-24-25-26-28(22)13-14-29-3)27(15-18-9-5-4-6-10-18)16-19-11-7-8-12-20(19)23/h4-12,17,21H,13-16H2,1-3H3/p+1/t21-/m0/s1. The number of quaternary nitrogens is 1. The average Bonchev–Trinajstić information content (AvgIpc) is 3.16. The number of aromatic nitrogens is 4. The van der Waals surface area contributed by atoms with E-state index in [0.29, 0.717) is 19.1 Å². The molecule has 2 atom stereocenters. The molecule has 0 radical (unpaired) electrons. The van der Waals surface area contributed by atoms with Gasteiger partial charge in [-0.2, -0.15) is 0 Å². The van der Waals surface area contributed by atoms with Crippen LogP contribution in [0.15, 0.2) is 54.6 Å². The van der Waals surface area contributed by atoms with Crippen LogP contribution in [-0.4, -0.2) is 33.9 Å². The number of methoxy groups -OCH3 is 1. The van der Waals surface area contributed by atoms with Crippen molar-refractivity contribution in [1.82, 2.24) is 20.2 Å². The first-order valence-electron chi connectivity index (χ1n) is 9.97. The van der Waals surface area contributed by atoms with Crippen LogP contribution in [0, 0.1) is 5.92 Å². The molecule has 0 saturated heterocycles. The van der Waals surface area contributed by atoms with Gasteiger partial charge in [-0.15, -0.1) is 5.10 Å². The predicted molar refractivity (Wildman–Crippen MR) is 114 cm³/mol. The second-order valence-electron chi connectivity index (χ2n) is 7.56. The summed E-state index contributed by atoms with van der Waals surface area (Å²) in [6, 6.07) is 18.7. The summed E-state index contributed by atoms with van der Waals surface area (Å²) in [7, 11) is 1.69. The molecule has 0 bridgehead atoms. The molecule has 3 aromatic rings. The van der Waals surface area contributed by atoms with Gasteiger partial charge in [-0.25, -0.2) is 4.68 Å². The van der Waals surface area contributed by atoms with Crippen molar-refractivity contribution in [2.24, 2.45) is 5.92 Å². The summed E-state index contributed by atoms with van der Waals surface area (Å²) in [5.74, 6) is 1.22.